The summed E-state index contributed by atoms with van der Waals surface area (Å²) >= 11 is 0. The van der Waals surface area contributed by atoms with Crippen molar-refractivity contribution < 1.29 is 24.2 Å². The van der Waals surface area contributed by atoms with E-state index in [0.717, 1.165) is 22.3 Å². The molecule has 0 unspecified atom stereocenters. The number of hydrogen-bond donors (Lipinski definition) is 3. The van der Waals surface area contributed by atoms with E-state index in [1.54, 1.807) is 0 Å². The Balaban J connectivity index is 1.42. The molecule has 2 aromatic carbocycles. The van der Waals surface area contributed by atoms with Gasteiger partial charge in [0.1, 0.15) is 12.6 Å². The second kappa shape index (κ2) is 10.4. The second-order valence-electron chi connectivity index (χ2n) is 8.91. The maximum Gasteiger partial charge on any atom is 0.407 e. The number of nitrogens with one attached hydrogen (secondary N) is 2. The van der Waals surface area contributed by atoms with Gasteiger partial charge in [-0.05, 0) is 40.7 Å². The number of rotatable bonds is 8. The van der Waals surface area contributed by atoms with Gasteiger partial charge in [0.25, 0.3) is 0 Å². The van der Waals surface area contributed by atoms with Crippen LogP contribution in [0, 0.1) is 5.92 Å². The summed E-state index contributed by atoms with van der Waals surface area (Å²) in [6.45, 7) is 4.01. The molecule has 35 heavy (non-hydrogen) atoms. The Morgan fingerprint density at radius 1 is 1.00 bits per heavy atom. The number of ether oxygens (including phenoxy) is 1. The first kappa shape index (κ1) is 23.9. The standard InChI is InChI=1S/C27H27N3O5/c1-16(2)11-24(25(31)29-18-12-17(26(32)33)13-28-14-18)30-27(34)35-15-23-21-9-5-3-7-19(21)20-8-4-6-10-22(20)23/h3-10,12-14,16,23-24H,11,15H2,1-2H3,(H,29,31)(H,30,34)(H,32,33)/t24-/m0/s1. The van der Waals surface area contributed by atoms with Crippen LogP contribution in [0.5, 0.6) is 0 Å². The highest BCUT2D eigenvalue weighted by molar-refractivity contribution is 5.97. The monoisotopic (exact) mass is 473 g/mol. The molecule has 0 spiro atoms. The second-order valence-corrected chi connectivity index (χ2v) is 8.91. The van der Waals surface area contributed by atoms with Crippen molar-refractivity contribution in [3.05, 3.63) is 83.7 Å². The molecule has 3 N–H and O–H groups in total. The Bertz CT molecular complexity index is 1210. The number of pyridine rings is 1. The zero-order chi connectivity index (χ0) is 24.9. The summed E-state index contributed by atoms with van der Waals surface area (Å²) in [5.41, 5.74) is 4.65. The Morgan fingerprint density at radius 2 is 1.63 bits per heavy atom. The Morgan fingerprint density at radius 3 is 2.23 bits per heavy atom. The molecule has 180 valence electrons. The molecule has 4 rings (SSSR count). The molecule has 0 saturated heterocycles. The Labute approximate surface area is 203 Å². The lowest BCUT2D eigenvalue weighted by atomic mass is 9.98. The summed E-state index contributed by atoms with van der Waals surface area (Å²) in [4.78, 5) is 40.6. The highest BCUT2D eigenvalue weighted by Crippen LogP contribution is 2.44. The maximum absolute atomic E-state index is 12.9. The van der Waals surface area contributed by atoms with Gasteiger partial charge in [-0.15, -0.1) is 0 Å². The number of nitrogens with zero attached hydrogens (tertiary/aromatic N) is 1. The van der Waals surface area contributed by atoms with Gasteiger partial charge in [0.05, 0.1) is 17.4 Å². The largest absolute Gasteiger partial charge is 0.478 e. The topological polar surface area (TPSA) is 118 Å². The summed E-state index contributed by atoms with van der Waals surface area (Å²) in [5.74, 6) is -1.60. The van der Waals surface area contributed by atoms with Crippen molar-refractivity contribution >= 4 is 23.7 Å². The van der Waals surface area contributed by atoms with Crippen molar-refractivity contribution in [3.8, 4) is 11.1 Å². The van der Waals surface area contributed by atoms with Gasteiger partial charge in [-0.3, -0.25) is 9.78 Å². The molecule has 1 heterocycles. The quantitative estimate of drug-likeness (QED) is 0.438. The summed E-state index contributed by atoms with van der Waals surface area (Å²) in [7, 11) is 0. The van der Waals surface area contributed by atoms with E-state index < -0.39 is 24.0 Å². The van der Waals surface area contributed by atoms with Gasteiger partial charge in [-0.1, -0.05) is 62.4 Å². The zero-order valence-electron chi connectivity index (χ0n) is 19.5. The van der Waals surface area contributed by atoms with Crippen molar-refractivity contribution in [2.45, 2.75) is 32.2 Å². The van der Waals surface area contributed by atoms with Gasteiger partial charge in [0.15, 0.2) is 0 Å². The van der Waals surface area contributed by atoms with E-state index in [1.165, 1.54) is 18.5 Å². The number of aromatic nitrogens is 1. The van der Waals surface area contributed by atoms with Crippen LogP contribution in [0.15, 0.2) is 67.0 Å². The number of carboxylic acids is 1. The molecule has 1 atom stereocenters. The number of alkyl carbamates (subject to hydrolysis) is 1. The smallest absolute Gasteiger partial charge is 0.407 e. The number of carbonyl (C=O) groups excluding carboxylic acids is 2. The minimum atomic E-state index is -1.15. The number of fused-ring (bicyclic) bond motifs is 3. The molecule has 1 aliphatic rings. The maximum atomic E-state index is 12.9. The number of carboxylic acid groups (broad SMARTS) is 1. The van der Waals surface area contributed by atoms with Crippen molar-refractivity contribution in [1.29, 1.82) is 0 Å². The van der Waals surface area contributed by atoms with Crippen LogP contribution in [-0.4, -0.2) is 40.7 Å². The van der Waals surface area contributed by atoms with Crippen molar-refractivity contribution in [3.63, 3.8) is 0 Å². The average Bonchev–Trinajstić information content (AvgIpc) is 3.16. The summed E-state index contributed by atoms with van der Waals surface area (Å²) in [5, 5.41) is 14.4. The number of aromatic carboxylic acids is 1. The fourth-order valence-electron chi connectivity index (χ4n) is 4.34. The zero-order valence-corrected chi connectivity index (χ0v) is 19.5. The van der Waals surface area contributed by atoms with E-state index >= 15 is 0 Å². The van der Waals surface area contributed by atoms with E-state index in [1.807, 2.05) is 50.2 Å². The van der Waals surface area contributed by atoms with Crippen LogP contribution < -0.4 is 10.6 Å². The molecule has 0 fully saturated rings. The normalized spacial score (nSPS) is 13.0. The summed E-state index contributed by atoms with van der Waals surface area (Å²) in [6.07, 6.45) is 2.23. The van der Waals surface area contributed by atoms with E-state index in [0.29, 0.717) is 6.42 Å². The highest BCUT2D eigenvalue weighted by Gasteiger charge is 2.30. The SMILES string of the molecule is CC(C)C[C@H](NC(=O)OCC1c2ccccc2-c2ccccc21)C(=O)Nc1cncc(C(=O)O)c1. The molecule has 8 nitrogen and oxygen atoms in total. The predicted octanol–water partition coefficient (Wildman–Crippen LogP) is 4.67. The van der Waals surface area contributed by atoms with Crippen LogP contribution in [0.25, 0.3) is 11.1 Å². The summed E-state index contributed by atoms with van der Waals surface area (Å²) < 4.78 is 5.58. The molecule has 0 bridgehead atoms. The minimum Gasteiger partial charge on any atom is -0.478 e. The number of hydrogen-bond acceptors (Lipinski definition) is 5. The molecule has 8 heteroatoms. The molecule has 0 radical (unpaired) electrons. The first-order chi connectivity index (χ1) is 16.8. The van der Waals surface area contributed by atoms with E-state index in [9.17, 15) is 14.4 Å². The van der Waals surface area contributed by atoms with E-state index in [4.69, 9.17) is 9.84 Å². The third-order valence-corrected chi connectivity index (χ3v) is 5.91. The van der Waals surface area contributed by atoms with Crippen LogP contribution in [0.3, 0.4) is 0 Å². The molecular weight excluding hydrogens is 446 g/mol. The number of benzene rings is 2. The Hall–Kier alpha value is -4.20. The van der Waals surface area contributed by atoms with Gasteiger partial charge < -0.3 is 20.5 Å². The molecule has 1 aliphatic carbocycles. The first-order valence-electron chi connectivity index (χ1n) is 11.4. The lowest BCUT2D eigenvalue weighted by Crippen LogP contribution is -2.45. The fourth-order valence-corrected chi connectivity index (χ4v) is 4.34. The average molecular weight is 474 g/mol. The van der Waals surface area contributed by atoms with Gasteiger partial charge in [0, 0.05) is 12.1 Å². The van der Waals surface area contributed by atoms with Crippen LogP contribution in [0.1, 0.15) is 47.7 Å². The fraction of sp³-hybridized carbons (Fsp3) is 0.259. The number of amides is 2. The molecular formula is C27H27N3O5. The van der Waals surface area contributed by atoms with Crippen molar-refractivity contribution in [2.75, 3.05) is 11.9 Å². The Kier molecular flexibility index (Phi) is 7.10. The van der Waals surface area contributed by atoms with Gasteiger partial charge in [0.2, 0.25) is 5.91 Å². The van der Waals surface area contributed by atoms with Crippen LogP contribution in [0.2, 0.25) is 0 Å². The highest BCUT2D eigenvalue weighted by atomic mass is 16.5. The number of carbonyl (C=O) groups is 3. The van der Waals surface area contributed by atoms with Gasteiger partial charge in [-0.2, -0.15) is 0 Å². The van der Waals surface area contributed by atoms with E-state index in [2.05, 4.69) is 27.8 Å². The van der Waals surface area contributed by atoms with Gasteiger partial charge in [-0.25, -0.2) is 9.59 Å². The third kappa shape index (κ3) is 5.48. The van der Waals surface area contributed by atoms with Crippen molar-refractivity contribution in [2.24, 2.45) is 5.92 Å². The molecule has 2 amide bonds. The predicted molar refractivity (Wildman–Crippen MR) is 131 cm³/mol. The third-order valence-electron chi connectivity index (χ3n) is 5.91. The van der Waals surface area contributed by atoms with Crippen LogP contribution in [-0.2, 0) is 9.53 Å². The first-order valence-corrected chi connectivity index (χ1v) is 11.4. The lowest BCUT2D eigenvalue weighted by Gasteiger charge is -2.21. The summed E-state index contributed by atoms with van der Waals surface area (Å²) in [6, 6.07) is 16.6. The molecule has 0 aliphatic heterocycles. The molecule has 3 aromatic rings. The molecule has 1 aromatic heterocycles. The van der Waals surface area contributed by atoms with Crippen molar-refractivity contribution in [1.82, 2.24) is 10.3 Å². The lowest BCUT2D eigenvalue weighted by molar-refractivity contribution is -0.118. The number of anilines is 1. The van der Waals surface area contributed by atoms with Gasteiger partial charge >= 0.3 is 12.1 Å². The molecule has 0 saturated carbocycles. The van der Waals surface area contributed by atoms with E-state index in [-0.39, 0.29) is 29.7 Å². The van der Waals surface area contributed by atoms with Crippen LogP contribution in [0.4, 0.5) is 10.5 Å². The minimum absolute atomic E-state index is 0.0484. The van der Waals surface area contributed by atoms with Crippen LogP contribution >= 0.6 is 0 Å².